The number of benzene rings is 1. The summed E-state index contributed by atoms with van der Waals surface area (Å²) in [6.45, 7) is 0.0765. The van der Waals surface area contributed by atoms with E-state index in [2.05, 4.69) is 14.7 Å². The molecule has 29 heavy (non-hydrogen) atoms. The molecule has 11 heteroatoms. The Labute approximate surface area is 163 Å². The Morgan fingerprint density at radius 1 is 1.03 bits per heavy atom. The van der Waals surface area contributed by atoms with Crippen molar-refractivity contribution in [2.45, 2.75) is 6.18 Å². The SMILES string of the molecule is O=C(COc1ccc(F)cc1)N1CCN(c2cc(OCC(F)(F)F)ncn2)CC1. The molecule has 1 amide bonds. The minimum Gasteiger partial charge on any atom is -0.484 e. The first-order chi connectivity index (χ1) is 13.8. The Hall–Kier alpha value is -3.11. The number of halogens is 4. The van der Waals surface area contributed by atoms with Gasteiger partial charge in [-0.1, -0.05) is 0 Å². The lowest BCUT2D eigenvalue weighted by Gasteiger charge is -2.35. The molecule has 1 saturated heterocycles. The fraction of sp³-hybridized carbons (Fsp3) is 0.389. The predicted octanol–water partition coefficient (Wildman–Crippen LogP) is 2.28. The number of carbonyl (C=O) groups is 1. The topological polar surface area (TPSA) is 67.8 Å². The molecule has 0 spiro atoms. The summed E-state index contributed by atoms with van der Waals surface area (Å²) in [6, 6.07) is 6.70. The van der Waals surface area contributed by atoms with Crippen LogP contribution < -0.4 is 14.4 Å². The van der Waals surface area contributed by atoms with Gasteiger partial charge in [0, 0.05) is 32.2 Å². The first kappa shape index (κ1) is 20.6. The van der Waals surface area contributed by atoms with Gasteiger partial charge < -0.3 is 19.3 Å². The summed E-state index contributed by atoms with van der Waals surface area (Å²) < 4.78 is 59.6. The van der Waals surface area contributed by atoms with Crippen molar-refractivity contribution >= 4 is 11.7 Å². The van der Waals surface area contributed by atoms with Crippen LogP contribution in [0.25, 0.3) is 0 Å². The highest BCUT2D eigenvalue weighted by Crippen LogP contribution is 2.21. The fourth-order valence-corrected chi connectivity index (χ4v) is 2.69. The van der Waals surface area contributed by atoms with Crippen molar-refractivity contribution in [3.05, 3.63) is 42.5 Å². The number of aromatic nitrogens is 2. The lowest BCUT2D eigenvalue weighted by atomic mass is 10.3. The first-order valence-corrected chi connectivity index (χ1v) is 8.73. The number of alkyl halides is 3. The van der Waals surface area contributed by atoms with E-state index in [1.165, 1.54) is 30.3 Å². The van der Waals surface area contributed by atoms with Crippen LogP contribution in [0, 0.1) is 5.82 Å². The summed E-state index contributed by atoms with van der Waals surface area (Å²) in [6.07, 6.45) is -3.32. The van der Waals surface area contributed by atoms with Gasteiger partial charge in [-0.3, -0.25) is 4.79 Å². The van der Waals surface area contributed by atoms with E-state index in [9.17, 15) is 22.4 Å². The third-order valence-corrected chi connectivity index (χ3v) is 4.14. The van der Waals surface area contributed by atoms with E-state index in [4.69, 9.17) is 4.74 Å². The Bertz CT molecular complexity index is 825. The zero-order valence-corrected chi connectivity index (χ0v) is 15.2. The number of anilines is 1. The van der Waals surface area contributed by atoms with Crippen LogP contribution in [0.3, 0.4) is 0 Å². The molecule has 0 atom stereocenters. The summed E-state index contributed by atoms with van der Waals surface area (Å²) in [5.41, 5.74) is 0. The van der Waals surface area contributed by atoms with Crippen molar-refractivity contribution < 1.29 is 31.8 Å². The molecule has 0 N–H and O–H groups in total. The van der Waals surface area contributed by atoms with E-state index in [1.807, 2.05) is 4.90 Å². The van der Waals surface area contributed by atoms with Crippen LogP contribution in [0.2, 0.25) is 0 Å². The highest BCUT2D eigenvalue weighted by Gasteiger charge is 2.29. The van der Waals surface area contributed by atoms with Gasteiger partial charge in [-0.05, 0) is 24.3 Å². The monoisotopic (exact) mass is 414 g/mol. The quantitative estimate of drug-likeness (QED) is 0.676. The van der Waals surface area contributed by atoms with E-state index in [-0.39, 0.29) is 18.4 Å². The molecule has 0 aliphatic carbocycles. The molecule has 0 saturated carbocycles. The molecule has 1 aromatic heterocycles. The van der Waals surface area contributed by atoms with E-state index < -0.39 is 18.6 Å². The molecule has 7 nitrogen and oxygen atoms in total. The number of rotatable bonds is 6. The number of amides is 1. The van der Waals surface area contributed by atoms with Gasteiger partial charge in [0.05, 0.1) is 0 Å². The molecule has 1 aliphatic heterocycles. The fourth-order valence-electron chi connectivity index (χ4n) is 2.69. The van der Waals surface area contributed by atoms with Crippen molar-refractivity contribution in [2.75, 3.05) is 44.3 Å². The minimum absolute atomic E-state index is 0.168. The average Bonchev–Trinajstić information content (AvgIpc) is 2.71. The smallest absolute Gasteiger partial charge is 0.422 e. The Balaban J connectivity index is 1.48. The second-order valence-electron chi connectivity index (χ2n) is 6.23. The standard InChI is InChI=1S/C18H18F4N4O3/c19-13-1-3-14(4-2-13)28-10-17(27)26-7-5-25(6-8-26)15-9-16(24-12-23-15)29-11-18(20,21)22/h1-4,9,12H,5-8,10-11H2. The summed E-state index contributed by atoms with van der Waals surface area (Å²) in [5.74, 6) is 0.0402. The van der Waals surface area contributed by atoms with E-state index in [0.717, 1.165) is 6.33 Å². The Morgan fingerprint density at radius 2 is 1.72 bits per heavy atom. The molecule has 0 radical (unpaired) electrons. The van der Waals surface area contributed by atoms with Crippen molar-refractivity contribution in [2.24, 2.45) is 0 Å². The van der Waals surface area contributed by atoms with E-state index in [0.29, 0.717) is 37.7 Å². The zero-order valence-electron chi connectivity index (χ0n) is 15.2. The molecule has 2 heterocycles. The van der Waals surface area contributed by atoms with Crippen molar-refractivity contribution in [3.63, 3.8) is 0 Å². The van der Waals surface area contributed by atoms with Crippen molar-refractivity contribution in [1.82, 2.24) is 14.9 Å². The van der Waals surface area contributed by atoms with Gasteiger partial charge in [0.2, 0.25) is 5.88 Å². The van der Waals surface area contributed by atoms with Gasteiger partial charge in [0.25, 0.3) is 5.91 Å². The van der Waals surface area contributed by atoms with Gasteiger partial charge >= 0.3 is 6.18 Å². The van der Waals surface area contributed by atoms with Gasteiger partial charge in [-0.2, -0.15) is 13.2 Å². The Morgan fingerprint density at radius 3 is 2.38 bits per heavy atom. The largest absolute Gasteiger partial charge is 0.484 e. The maximum absolute atomic E-state index is 12.9. The van der Waals surface area contributed by atoms with Gasteiger partial charge in [0.15, 0.2) is 13.2 Å². The lowest BCUT2D eigenvalue weighted by Crippen LogP contribution is -2.50. The van der Waals surface area contributed by atoms with Gasteiger partial charge in [-0.15, -0.1) is 0 Å². The molecule has 1 aliphatic rings. The molecule has 156 valence electrons. The highest BCUT2D eigenvalue weighted by atomic mass is 19.4. The molecule has 2 aromatic rings. The number of nitrogens with zero attached hydrogens (tertiary/aromatic N) is 4. The van der Waals surface area contributed by atoms with Crippen LogP contribution in [-0.4, -0.2) is 66.3 Å². The molecular formula is C18H18F4N4O3. The maximum Gasteiger partial charge on any atom is 0.422 e. The molecular weight excluding hydrogens is 396 g/mol. The summed E-state index contributed by atoms with van der Waals surface area (Å²) in [7, 11) is 0. The predicted molar refractivity (Wildman–Crippen MR) is 94.3 cm³/mol. The average molecular weight is 414 g/mol. The molecule has 0 bridgehead atoms. The molecule has 3 rings (SSSR count). The zero-order chi connectivity index (χ0) is 20.9. The highest BCUT2D eigenvalue weighted by molar-refractivity contribution is 5.78. The number of ether oxygens (including phenoxy) is 2. The first-order valence-electron chi connectivity index (χ1n) is 8.73. The number of carbonyl (C=O) groups excluding carboxylic acids is 1. The third-order valence-electron chi connectivity index (χ3n) is 4.14. The second-order valence-corrected chi connectivity index (χ2v) is 6.23. The number of hydrogen-bond acceptors (Lipinski definition) is 6. The molecule has 1 fully saturated rings. The minimum atomic E-state index is -4.45. The van der Waals surface area contributed by atoms with Gasteiger partial charge in [0.1, 0.15) is 23.7 Å². The van der Waals surface area contributed by atoms with Crippen molar-refractivity contribution in [1.29, 1.82) is 0 Å². The van der Waals surface area contributed by atoms with Crippen LogP contribution in [0.5, 0.6) is 11.6 Å². The normalized spacial score (nSPS) is 14.6. The summed E-state index contributed by atoms with van der Waals surface area (Å²) in [4.78, 5) is 23.4. The molecule has 1 aromatic carbocycles. The summed E-state index contributed by atoms with van der Waals surface area (Å²) >= 11 is 0. The lowest BCUT2D eigenvalue weighted by molar-refractivity contribution is -0.154. The maximum atomic E-state index is 12.9. The van der Waals surface area contributed by atoms with Crippen LogP contribution in [0.1, 0.15) is 0 Å². The van der Waals surface area contributed by atoms with Crippen LogP contribution >= 0.6 is 0 Å². The summed E-state index contributed by atoms with van der Waals surface area (Å²) in [5, 5.41) is 0. The third kappa shape index (κ3) is 6.19. The van der Waals surface area contributed by atoms with Crippen LogP contribution in [-0.2, 0) is 4.79 Å². The van der Waals surface area contributed by atoms with Crippen LogP contribution in [0.15, 0.2) is 36.7 Å². The second kappa shape index (κ2) is 8.93. The Kier molecular flexibility index (Phi) is 6.35. The van der Waals surface area contributed by atoms with Crippen molar-refractivity contribution in [3.8, 4) is 11.6 Å². The van der Waals surface area contributed by atoms with Gasteiger partial charge in [-0.25, -0.2) is 14.4 Å². The van der Waals surface area contributed by atoms with Crippen LogP contribution in [0.4, 0.5) is 23.4 Å². The van der Waals surface area contributed by atoms with E-state index in [1.54, 1.807) is 4.90 Å². The van der Waals surface area contributed by atoms with E-state index >= 15 is 0 Å². The molecule has 0 unspecified atom stereocenters. The number of piperazine rings is 1. The number of hydrogen-bond donors (Lipinski definition) is 0.